The summed E-state index contributed by atoms with van der Waals surface area (Å²) in [4.78, 5) is 14.4. The maximum Gasteiger partial charge on any atom is 0.161 e. The lowest BCUT2D eigenvalue weighted by molar-refractivity contribution is 0.671. The van der Waals surface area contributed by atoms with Crippen LogP contribution < -0.4 is 0 Å². The normalized spacial score (nSPS) is 12.5. The Morgan fingerprint density at radius 2 is 1.20 bits per heavy atom. The fraction of sp³-hybridized carbons (Fsp3) is 0.0227. The third-order valence-corrected chi connectivity index (χ3v) is 9.16. The molecule has 0 aliphatic rings. The first-order chi connectivity index (χ1) is 24.3. The van der Waals surface area contributed by atoms with Crippen LogP contribution in [0.3, 0.4) is 0 Å². The molecular weight excluding hydrogens is 601 g/mol. The van der Waals surface area contributed by atoms with Crippen LogP contribution in [0.4, 0.5) is 0 Å². The lowest BCUT2D eigenvalue weighted by Crippen LogP contribution is -2.06. The second kappa shape index (κ2) is 11.9. The fourth-order valence-corrected chi connectivity index (χ4v) is 7.00. The van der Waals surface area contributed by atoms with Crippen molar-refractivity contribution >= 4 is 72.9 Å². The molecule has 2 aromatic heterocycles. The molecule has 0 saturated carbocycles. The molecule has 0 saturated heterocycles. The molecule has 0 aliphatic carbocycles. The van der Waals surface area contributed by atoms with Gasteiger partial charge in [-0.3, -0.25) is 4.99 Å². The standard InChI is InChI=1S/C44H30N4O/c1-45-43(47-44(30-17-6-3-7-18-30)46-28-29-15-4-2-5-16-29)31-19-14-20-32(27-31)48-37-25-12-10-23-35(37)39-33-21-8-9-22-34(33)40-36-24-11-13-26-38(36)49-42(40)41(39)48/h2-27H,1,28H2. The smallest absolute Gasteiger partial charge is 0.161 e. The second-order valence-electron chi connectivity index (χ2n) is 12.1. The van der Waals surface area contributed by atoms with Crippen LogP contribution in [0.2, 0.25) is 0 Å². The van der Waals surface area contributed by atoms with Crippen molar-refractivity contribution in [1.29, 1.82) is 0 Å². The highest BCUT2D eigenvalue weighted by Crippen LogP contribution is 2.45. The molecule has 232 valence electrons. The summed E-state index contributed by atoms with van der Waals surface area (Å²) < 4.78 is 9.05. The molecule has 9 aromatic rings. The minimum atomic E-state index is 0.498. The molecule has 5 nitrogen and oxygen atoms in total. The van der Waals surface area contributed by atoms with Crippen LogP contribution in [0.5, 0.6) is 0 Å². The molecule has 49 heavy (non-hydrogen) atoms. The number of rotatable bonds is 5. The van der Waals surface area contributed by atoms with Gasteiger partial charge in [-0.1, -0.05) is 133 Å². The highest BCUT2D eigenvalue weighted by atomic mass is 16.3. The summed E-state index contributed by atoms with van der Waals surface area (Å²) in [5.74, 6) is 1.10. The number of furan rings is 1. The van der Waals surface area contributed by atoms with E-state index in [1.54, 1.807) is 0 Å². The summed E-state index contributed by atoms with van der Waals surface area (Å²) in [6.45, 7) is 4.44. The van der Waals surface area contributed by atoms with E-state index in [1.807, 2.05) is 72.8 Å². The Balaban J connectivity index is 1.28. The van der Waals surface area contributed by atoms with Gasteiger partial charge in [0.2, 0.25) is 0 Å². The zero-order valence-corrected chi connectivity index (χ0v) is 26.6. The van der Waals surface area contributed by atoms with Crippen LogP contribution in [0, 0.1) is 0 Å². The van der Waals surface area contributed by atoms with Crippen molar-refractivity contribution in [2.45, 2.75) is 6.54 Å². The molecule has 0 amide bonds. The van der Waals surface area contributed by atoms with Crippen LogP contribution >= 0.6 is 0 Å². The lowest BCUT2D eigenvalue weighted by atomic mass is 9.99. The summed E-state index contributed by atoms with van der Waals surface area (Å²) >= 11 is 0. The van der Waals surface area contributed by atoms with E-state index in [0.717, 1.165) is 60.7 Å². The SMILES string of the molecule is C=NC(=NC(=NCc1ccccc1)c1ccccc1)c1cccc(-n2c3ccccc3c3c4ccccc4c4c5ccccc5oc4c32)c1. The highest BCUT2D eigenvalue weighted by molar-refractivity contribution is 6.35. The van der Waals surface area contributed by atoms with E-state index < -0.39 is 0 Å². The zero-order chi connectivity index (χ0) is 32.7. The number of aliphatic imine (C=N–C) groups is 3. The number of hydrogen-bond donors (Lipinski definition) is 0. The van der Waals surface area contributed by atoms with Crippen LogP contribution in [0.1, 0.15) is 16.7 Å². The van der Waals surface area contributed by atoms with Gasteiger partial charge in [0.05, 0.1) is 17.6 Å². The Hall–Kier alpha value is -6.59. The minimum absolute atomic E-state index is 0.498. The Kier molecular flexibility index (Phi) is 6.95. The van der Waals surface area contributed by atoms with E-state index in [-0.39, 0.29) is 0 Å². The molecule has 0 N–H and O–H groups in total. The largest absolute Gasteiger partial charge is 0.454 e. The van der Waals surface area contributed by atoms with Crippen LogP contribution in [0.15, 0.2) is 177 Å². The van der Waals surface area contributed by atoms with E-state index in [0.29, 0.717) is 18.2 Å². The van der Waals surface area contributed by atoms with Gasteiger partial charge in [-0.05, 0) is 47.3 Å². The van der Waals surface area contributed by atoms with Gasteiger partial charge in [-0.25, -0.2) is 9.98 Å². The second-order valence-corrected chi connectivity index (χ2v) is 12.1. The molecule has 0 bridgehead atoms. The van der Waals surface area contributed by atoms with E-state index in [1.165, 1.54) is 16.2 Å². The molecule has 2 heterocycles. The van der Waals surface area contributed by atoms with Gasteiger partial charge in [0.15, 0.2) is 17.3 Å². The van der Waals surface area contributed by atoms with E-state index in [9.17, 15) is 0 Å². The maximum absolute atomic E-state index is 6.74. The van der Waals surface area contributed by atoms with Gasteiger partial charge in [0.25, 0.3) is 0 Å². The summed E-state index contributed by atoms with van der Waals surface area (Å²) in [6, 6.07) is 54.1. The number of amidine groups is 2. The molecule has 0 fully saturated rings. The number of para-hydroxylation sites is 2. The minimum Gasteiger partial charge on any atom is -0.454 e. The third kappa shape index (κ3) is 4.83. The molecule has 0 aliphatic heterocycles. The van der Waals surface area contributed by atoms with E-state index in [4.69, 9.17) is 14.4 Å². The Bertz CT molecular complexity index is 2750. The fourth-order valence-electron chi connectivity index (χ4n) is 7.00. The number of aromatic nitrogens is 1. The van der Waals surface area contributed by atoms with Crippen molar-refractivity contribution in [3.05, 3.63) is 174 Å². The van der Waals surface area contributed by atoms with Crippen molar-refractivity contribution in [3.8, 4) is 5.69 Å². The van der Waals surface area contributed by atoms with E-state index in [2.05, 4.69) is 101 Å². The molecule has 0 spiro atoms. The lowest BCUT2D eigenvalue weighted by Gasteiger charge is -2.11. The molecule has 0 radical (unpaired) electrons. The van der Waals surface area contributed by atoms with E-state index >= 15 is 0 Å². The number of fused-ring (bicyclic) bond motifs is 10. The first-order valence-corrected chi connectivity index (χ1v) is 16.3. The Morgan fingerprint density at radius 3 is 1.98 bits per heavy atom. The highest BCUT2D eigenvalue weighted by Gasteiger charge is 2.23. The first-order valence-electron chi connectivity index (χ1n) is 16.3. The van der Waals surface area contributed by atoms with Gasteiger partial charge in [0.1, 0.15) is 5.58 Å². The molecule has 9 rings (SSSR count). The predicted molar refractivity (Wildman–Crippen MR) is 205 cm³/mol. The van der Waals surface area contributed by atoms with Crippen molar-refractivity contribution in [3.63, 3.8) is 0 Å². The van der Waals surface area contributed by atoms with Crippen molar-refractivity contribution < 1.29 is 4.42 Å². The van der Waals surface area contributed by atoms with Gasteiger partial charge < -0.3 is 8.98 Å². The molecule has 5 heteroatoms. The maximum atomic E-state index is 6.74. The monoisotopic (exact) mass is 630 g/mol. The third-order valence-electron chi connectivity index (χ3n) is 9.16. The zero-order valence-electron chi connectivity index (χ0n) is 26.6. The van der Waals surface area contributed by atoms with Crippen LogP contribution in [-0.2, 0) is 6.54 Å². The molecule has 0 atom stereocenters. The number of benzene rings is 7. The van der Waals surface area contributed by atoms with Gasteiger partial charge in [-0.15, -0.1) is 0 Å². The summed E-state index contributed by atoms with van der Waals surface area (Å²) in [7, 11) is 0. The van der Waals surface area contributed by atoms with Crippen LogP contribution in [-0.4, -0.2) is 23.0 Å². The molecular formula is C44H30N4O. The van der Waals surface area contributed by atoms with Gasteiger partial charge >= 0.3 is 0 Å². The van der Waals surface area contributed by atoms with Gasteiger partial charge in [0, 0.05) is 38.4 Å². The van der Waals surface area contributed by atoms with Crippen molar-refractivity contribution in [2.24, 2.45) is 15.0 Å². The number of nitrogens with zero attached hydrogens (tertiary/aromatic N) is 4. The number of hydrogen-bond acceptors (Lipinski definition) is 2. The van der Waals surface area contributed by atoms with Gasteiger partial charge in [-0.2, -0.15) is 0 Å². The van der Waals surface area contributed by atoms with Crippen LogP contribution in [0.25, 0.3) is 60.2 Å². The van der Waals surface area contributed by atoms with Crippen molar-refractivity contribution in [2.75, 3.05) is 0 Å². The Labute approximate surface area is 282 Å². The molecule has 7 aromatic carbocycles. The summed E-state index contributed by atoms with van der Waals surface area (Å²) in [5, 5.41) is 6.93. The quantitative estimate of drug-likeness (QED) is 0.138. The average Bonchev–Trinajstić information content (AvgIpc) is 3.73. The summed E-state index contributed by atoms with van der Waals surface area (Å²) in [6.07, 6.45) is 0. The average molecular weight is 631 g/mol. The van der Waals surface area contributed by atoms with Crippen molar-refractivity contribution in [1.82, 2.24) is 4.57 Å². The molecule has 0 unspecified atom stereocenters. The summed E-state index contributed by atoms with van der Waals surface area (Å²) in [5.41, 5.74) is 7.69. The topological polar surface area (TPSA) is 55.1 Å². The Morgan fingerprint density at radius 1 is 0.571 bits per heavy atom. The predicted octanol–water partition coefficient (Wildman–Crippen LogP) is 10.9. The first kappa shape index (κ1) is 28.6.